The summed E-state index contributed by atoms with van der Waals surface area (Å²) in [7, 11) is -3.59. The molecule has 2 rings (SSSR count). The van der Waals surface area contributed by atoms with Gasteiger partial charge >= 0.3 is 10.2 Å². The first-order valence-electron chi connectivity index (χ1n) is 6.22. The highest BCUT2D eigenvalue weighted by atomic mass is 79.9. The van der Waals surface area contributed by atoms with E-state index in [1.165, 1.54) is 22.5 Å². The Labute approximate surface area is 121 Å². The lowest BCUT2D eigenvalue weighted by molar-refractivity contribution is 0.427. The van der Waals surface area contributed by atoms with Crippen molar-refractivity contribution in [2.45, 2.75) is 25.7 Å². The second-order valence-corrected chi connectivity index (χ2v) is 7.07. The van der Waals surface area contributed by atoms with E-state index < -0.39 is 16.0 Å². The van der Waals surface area contributed by atoms with Gasteiger partial charge in [-0.05, 0) is 47.0 Å². The van der Waals surface area contributed by atoms with Crippen molar-refractivity contribution in [2.75, 3.05) is 17.8 Å². The molecular weight excluding hydrogens is 335 g/mol. The van der Waals surface area contributed by atoms with E-state index in [0.717, 1.165) is 25.7 Å². The van der Waals surface area contributed by atoms with Crippen LogP contribution in [0.1, 0.15) is 25.7 Å². The number of halogens is 2. The molecule has 1 N–H and O–H groups in total. The van der Waals surface area contributed by atoms with Crippen LogP contribution in [-0.4, -0.2) is 25.8 Å². The first kappa shape index (κ1) is 14.7. The summed E-state index contributed by atoms with van der Waals surface area (Å²) in [6.45, 7) is 1.04. The SMILES string of the molecule is O=S(=O)(Nc1ccc(Br)c(F)c1)N1CCCCCC1. The van der Waals surface area contributed by atoms with E-state index in [2.05, 4.69) is 20.7 Å². The van der Waals surface area contributed by atoms with Crippen molar-refractivity contribution >= 4 is 31.8 Å². The predicted octanol–water partition coefficient (Wildman–Crippen LogP) is 3.12. The Kier molecular flexibility index (Phi) is 4.81. The van der Waals surface area contributed by atoms with Gasteiger partial charge in [-0.1, -0.05) is 12.8 Å². The van der Waals surface area contributed by atoms with Crippen molar-refractivity contribution < 1.29 is 12.8 Å². The van der Waals surface area contributed by atoms with Crippen molar-refractivity contribution in [1.82, 2.24) is 4.31 Å². The Hall–Kier alpha value is -0.660. The van der Waals surface area contributed by atoms with Gasteiger partial charge in [0.2, 0.25) is 0 Å². The van der Waals surface area contributed by atoms with Gasteiger partial charge in [-0.2, -0.15) is 12.7 Å². The van der Waals surface area contributed by atoms with Gasteiger partial charge in [-0.15, -0.1) is 0 Å². The second kappa shape index (κ2) is 6.19. The Morgan fingerprint density at radius 1 is 1.16 bits per heavy atom. The van der Waals surface area contributed by atoms with Crippen molar-refractivity contribution in [3.05, 3.63) is 28.5 Å². The van der Waals surface area contributed by atoms with Crippen LogP contribution in [0, 0.1) is 5.82 Å². The predicted molar refractivity (Wildman–Crippen MR) is 76.7 cm³/mol. The van der Waals surface area contributed by atoms with Crippen LogP contribution in [0.3, 0.4) is 0 Å². The number of hydrogen-bond acceptors (Lipinski definition) is 2. The van der Waals surface area contributed by atoms with Gasteiger partial charge in [-0.25, -0.2) is 4.39 Å². The van der Waals surface area contributed by atoms with E-state index in [1.807, 2.05) is 0 Å². The molecule has 1 saturated heterocycles. The average molecular weight is 351 g/mol. The van der Waals surface area contributed by atoms with Crippen molar-refractivity contribution in [1.29, 1.82) is 0 Å². The number of rotatable bonds is 3. The zero-order chi connectivity index (χ0) is 13.9. The highest BCUT2D eigenvalue weighted by Gasteiger charge is 2.22. The lowest BCUT2D eigenvalue weighted by Crippen LogP contribution is -2.36. The Balaban J connectivity index is 2.13. The van der Waals surface area contributed by atoms with Crippen LogP contribution in [0.15, 0.2) is 22.7 Å². The van der Waals surface area contributed by atoms with Crippen LogP contribution < -0.4 is 4.72 Å². The summed E-state index contributed by atoms with van der Waals surface area (Å²) in [6, 6.07) is 4.18. The molecule has 0 bridgehead atoms. The van der Waals surface area contributed by atoms with Crippen LogP contribution in [0.2, 0.25) is 0 Å². The number of benzene rings is 1. The molecular formula is C12H16BrFN2O2S. The summed E-state index contributed by atoms with van der Waals surface area (Å²) >= 11 is 3.03. The van der Waals surface area contributed by atoms with Gasteiger partial charge in [0.1, 0.15) is 5.82 Å². The Morgan fingerprint density at radius 2 is 1.79 bits per heavy atom. The van der Waals surface area contributed by atoms with Crippen molar-refractivity contribution in [3.63, 3.8) is 0 Å². The fourth-order valence-corrected chi connectivity index (χ4v) is 3.59. The number of hydrogen-bond donors (Lipinski definition) is 1. The maximum absolute atomic E-state index is 13.4. The summed E-state index contributed by atoms with van der Waals surface area (Å²) in [4.78, 5) is 0. The van der Waals surface area contributed by atoms with E-state index in [4.69, 9.17) is 0 Å². The van der Waals surface area contributed by atoms with E-state index in [9.17, 15) is 12.8 Å². The second-order valence-electron chi connectivity index (χ2n) is 4.55. The van der Waals surface area contributed by atoms with Crippen molar-refractivity contribution in [3.8, 4) is 0 Å². The molecule has 1 aliphatic heterocycles. The molecule has 0 unspecified atom stereocenters. The van der Waals surface area contributed by atoms with E-state index >= 15 is 0 Å². The number of anilines is 1. The molecule has 0 saturated carbocycles. The molecule has 7 heteroatoms. The van der Waals surface area contributed by atoms with Gasteiger partial charge in [0.25, 0.3) is 0 Å². The fourth-order valence-electron chi connectivity index (χ4n) is 2.06. The third-order valence-electron chi connectivity index (χ3n) is 3.07. The molecule has 4 nitrogen and oxygen atoms in total. The Bertz CT molecular complexity index is 543. The van der Waals surface area contributed by atoms with Gasteiger partial charge < -0.3 is 0 Å². The highest BCUT2D eigenvalue weighted by Crippen LogP contribution is 2.21. The van der Waals surface area contributed by atoms with E-state index in [1.54, 1.807) is 0 Å². The first-order valence-corrected chi connectivity index (χ1v) is 8.45. The molecule has 106 valence electrons. The largest absolute Gasteiger partial charge is 0.301 e. The summed E-state index contributed by atoms with van der Waals surface area (Å²) in [6.07, 6.45) is 3.85. The summed E-state index contributed by atoms with van der Waals surface area (Å²) < 4.78 is 41.9. The third-order valence-corrected chi connectivity index (χ3v) is 5.25. The summed E-state index contributed by atoms with van der Waals surface area (Å²) in [5.74, 6) is -0.490. The van der Waals surface area contributed by atoms with Crippen LogP contribution in [0.5, 0.6) is 0 Å². The highest BCUT2D eigenvalue weighted by molar-refractivity contribution is 9.10. The zero-order valence-corrected chi connectivity index (χ0v) is 12.8. The monoisotopic (exact) mass is 350 g/mol. The molecule has 1 aromatic rings. The van der Waals surface area contributed by atoms with Gasteiger partial charge in [0.15, 0.2) is 0 Å². The maximum atomic E-state index is 13.4. The lowest BCUT2D eigenvalue weighted by atomic mass is 10.2. The molecule has 0 spiro atoms. The zero-order valence-electron chi connectivity index (χ0n) is 10.4. The standard InChI is InChI=1S/C12H16BrFN2O2S/c13-11-6-5-10(9-12(11)14)15-19(17,18)16-7-3-1-2-4-8-16/h5-6,9,15H,1-4,7-8H2. The maximum Gasteiger partial charge on any atom is 0.301 e. The smallest absolute Gasteiger partial charge is 0.271 e. The molecule has 1 heterocycles. The molecule has 1 aliphatic rings. The minimum Gasteiger partial charge on any atom is -0.271 e. The first-order chi connectivity index (χ1) is 8.99. The lowest BCUT2D eigenvalue weighted by Gasteiger charge is -2.20. The summed E-state index contributed by atoms with van der Waals surface area (Å²) in [5, 5.41) is 0. The topological polar surface area (TPSA) is 49.4 Å². The van der Waals surface area contributed by atoms with E-state index in [0.29, 0.717) is 17.6 Å². The van der Waals surface area contributed by atoms with Gasteiger partial charge in [-0.3, -0.25) is 4.72 Å². The molecule has 1 aromatic carbocycles. The molecule has 1 fully saturated rings. The quantitative estimate of drug-likeness (QED) is 0.910. The number of nitrogens with zero attached hydrogens (tertiary/aromatic N) is 1. The molecule has 0 aromatic heterocycles. The van der Waals surface area contributed by atoms with E-state index in [-0.39, 0.29) is 5.69 Å². The fraction of sp³-hybridized carbons (Fsp3) is 0.500. The third kappa shape index (κ3) is 3.90. The summed E-state index contributed by atoms with van der Waals surface area (Å²) in [5.41, 5.74) is 0.241. The van der Waals surface area contributed by atoms with Crippen LogP contribution >= 0.6 is 15.9 Å². The molecule has 0 aliphatic carbocycles. The molecule has 19 heavy (non-hydrogen) atoms. The Morgan fingerprint density at radius 3 is 2.37 bits per heavy atom. The van der Waals surface area contributed by atoms with Crippen LogP contribution in [0.25, 0.3) is 0 Å². The molecule has 0 amide bonds. The van der Waals surface area contributed by atoms with Crippen molar-refractivity contribution in [2.24, 2.45) is 0 Å². The molecule has 0 radical (unpaired) electrons. The average Bonchev–Trinajstić information content (AvgIpc) is 2.63. The van der Waals surface area contributed by atoms with Gasteiger partial charge in [0.05, 0.1) is 10.2 Å². The number of nitrogens with one attached hydrogen (secondary N) is 1. The minimum atomic E-state index is -3.59. The molecule has 0 atom stereocenters. The van der Waals surface area contributed by atoms with Gasteiger partial charge in [0, 0.05) is 13.1 Å². The van der Waals surface area contributed by atoms with Crippen LogP contribution in [-0.2, 0) is 10.2 Å². The van der Waals surface area contributed by atoms with Crippen LogP contribution in [0.4, 0.5) is 10.1 Å². The normalized spacial score (nSPS) is 18.0. The minimum absolute atomic E-state index is 0.241.